The van der Waals surface area contributed by atoms with E-state index in [4.69, 9.17) is 11.6 Å². The summed E-state index contributed by atoms with van der Waals surface area (Å²) in [5.41, 5.74) is 2.34. The lowest BCUT2D eigenvalue weighted by Gasteiger charge is -2.26. The van der Waals surface area contributed by atoms with Crippen LogP contribution in [0.2, 0.25) is 5.02 Å². The average molecular weight is 460 g/mol. The van der Waals surface area contributed by atoms with Gasteiger partial charge in [-0.25, -0.2) is 14.4 Å². The molecule has 4 rings (SSSR count). The molecule has 2 heterocycles. The van der Waals surface area contributed by atoms with Crippen LogP contribution in [-0.4, -0.2) is 21.2 Å². The number of benzene rings is 2. The van der Waals surface area contributed by atoms with Crippen LogP contribution in [0.4, 0.5) is 21.6 Å². The number of carbonyl (C=O) groups excluding carboxylic acids is 1. The quantitative estimate of drug-likeness (QED) is 0.417. The molecule has 5 nitrogen and oxygen atoms in total. The first-order chi connectivity index (χ1) is 13.6. The summed E-state index contributed by atoms with van der Waals surface area (Å²) in [5.74, 6) is -0.269. The Morgan fingerprint density at radius 3 is 2.96 bits per heavy atom. The number of allylic oxidation sites excluding steroid dienone is 1. The second-order valence-electron chi connectivity index (χ2n) is 5.92. The maximum atomic E-state index is 14.6. The number of amides is 1. The number of halogens is 3. The Kier molecular flexibility index (Phi) is 5.11. The number of nitrogens with one attached hydrogen (secondary N) is 1. The molecule has 0 fully saturated rings. The van der Waals surface area contributed by atoms with Crippen molar-refractivity contribution in [2.24, 2.45) is 0 Å². The lowest BCUT2D eigenvalue weighted by atomic mass is 10.0. The molecule has 0 unspecified atom stereocenters. The van der Waals surface area contributed by atoms with E-state index in [1.165, 1.54) is 18.5 Å². The summed E-state index contributed by atoms with van der Waals surface area (Å²) in [6.07, 6.45) is 8.07. The van der Waals surface area contributed by atoms with Gasteiger partial charge in [0.15, 0.2) is 5.82 Å². The van der Waals surface area contributed by atoms with Crippen LogP contribution in [0.1, 0.15) is 5.56 Å². The van der Waals surface area contributed by atoms with Crippen molar-refractivity contribution in [2.45, 2.75) is 0 Å². The van der Waals surface area contributed by atoms with E-state index in [-0.39, 0.29) is 16.6 Å². The van der Waals surface area contributed by atoms with Crippen LogP contribution >= 0.6 is 27.5 Å². The van der Waals surface area contributed by atoms with Crippen LogP contribution in [0.15, 0.2) is 55.0 Å². The minimum atomic E-state index is -0.534. The van der Waals surface area contributed by atoms with Gasteiger partial charge in [-0.05, 0) is 30.3 Å². The van der Waals surface area contributed by atoms with Gasteiger partial charge in [0.25, 0.3) is 0 Å². The third-order valence-electron chi connectivity index (χ3n) is 4.25. The fraction of sp³-hybridized carbons (Fsp3) is 0.0500. The standard InChI is InChI=1S/C20H13BrClFN4O/c21-9-2-5-17(28)26-14-6-7-15-18-12(14)8-10-27(20(18)25-11-24-15)16-4-1-3-13(22)19(16)23/h1-8,10-11H,9H2,(H,26,28)/b5-2+. The van der Waals surface area contributed by atoms with Gasteiger partial charge in [-0.2, -0.15) is 0 Å². The molecule has 140 valence electrons. The van der Waals surface area contributed by atoms with Crippen molar-refractivity contribution < 1.29 is 9.18 Å². The highest BCUT2D eigenvalue weighted by Gasteiger charge is 2.23. The van der Waals surface area contributed by atoms with Gasteiger partial charge >= 0.3 is 0 Å². The van der Waals surface area contributed by atoms with Crippen molar-refractivity contribution in [3.63, 3.8) is 0 Å². The Morgan fingerprint density at radius 2 is 2.14 bits per heavy atom. The third-order valence-corrected chi connectivity index (χ3v) is 4.92. The molecule has 1 N–H and O–H groups in total. The molecule has 0 aliphatic carbocycles. The fourth-order valence-electron chi connectivity index (χ4n) is 3.04. The van der Waals surface area contributed by atoms with Crippen LogP contribution in [0.3, 0.4) is 0 Å². The zero-order chi connectivity index (χ0) is 19.7. The molecular weight excluding hydrogens is 447 g/mol. The van der Waals surface area contributed by atoms with Crippen molar-refractivity contribution in [1.82, 2.24) is 9.97 Å². The first kappa shape index (κ1) is 18.6. The number of hydrogen-bond acceptors (Lipinski definition) is 4. The van der Waals surface area contributed by atoms with Gasteiger partial charge in [0.1, 0.15) is 12.1 Å². The first-order valence-electron chi connectivity index (χ1n) is 8.33. The van der Waals surface area contributed by atoms with E-state index in [0.717, 1.165) is 5.56 Å². The minimum Gasteiger partial charge on any atom is -0.322 e. The predicted molar refractivity (Wildman–Crippen MR) is 114 cm³/mol. The van der Waals surface area contributed by atoms with Crippen LogP contribution in [0, 0.1) is 5.82 Å². The molecule has 0 atom stereocenters. The number of aromatic nitrogens is 2. The van der Waals surface area contributed by atoms with Crippen molar-refractivity contribution in [2.75, 3.05) is 15.5 Å². The fourth-order valence-corrected chi connectivity index (χ4v) is 3.40. The summed E-state index contributed by atoms with van der Waals surface area (Å²) >= 11 is 9.19. The predicted octanol–water partition coefficient (Wildman–Crippen LogP) is 5.43. The lowest BCUT2D eigenvalue weighted by Crippen LogP contribution is -2.17. The van der Waals surface area contributed by atoms with Gasteiger partial charge in [-0.1, -0.05) is 39.7 Å². The van der Waals surface area contributed by atoms with Gasteiger partial charge < -0.3 is 5.32 Å². The third kappa shape index (κ3) is 3.27. The molecule has 0 saturated carbocycles. The Hall–Kier alpha value is -2.77. The van der Waals surface area contributed by atoms with Crippen LogP contribution in [0.25, 0.3) is 17.0 Å². The second kappa shape index (κ2) is 7.69. The van der Waals surface area contributed by atoms with Gasteiger partial charge in [-0.3, -0.25) is 9.69 Å². The summed E-state index contributed by atoms with van der Waals surface area (Å²) in [4.78, 5) is 22.4. The van der Waals surface area contributed by atoms with E-state index >= 15 is 0 Å². The normalized spacial score (nSPS) is 12.8. The van der Waals surface area contributed by atoms with Crippen LogP contribution < -0.4 is 10.2 Å². The zero-order valence-corrected chi connectivity index (χ0v) is 16.7. The summed E-state index contributed by atoms with van der Waals surface area (Å²) < 4.78 is 14.6. The number of carbonyl (C=O) groups is 1. The summed E-state index contributed by atoms with van der Waals surface area (Å²) in [7, 11) is 0. The molecule has 2 aromatic carbocycles. The van der Waals surface area contributed by atoms with E-state index in [1.807, 2.05) is 0 Å². The van der Waals surface area contributed by atoms with Crippen molar-refractivity contribution in [1.29, 1.82) is 0 Å². The number of hydrogen-bond donors (Lipinski definition) is 1. The summed E-state index contributed by atoms with van der Waals surface area (Å²) in [5, 5.41) is 4.19. The van der Waals surface area contributed by atoms with Gasteiger partial charge in [0.2, 0.25) is 5.91 Å². The first-order valence-corrected chi connectivity index (χ1v) is 9.82. The molecule has 3 aromatic rings. The number of nitrogens with zero attached hydrogens (tertiary/aromatic N) is 3. The largest absolute Gasteiger partial charge is 0.322 e. The molecule has 8 heteroatoms. The smallest absolute Gasteiger partial charge is 0.248 e. The maximum Gasteiger partial charge on any atom is 0.248 e. The second-order valence-corrected chi connectivity index (χ2v) is 6.98. The van der Waals surface area contributed by atoms with E-state index in [9.17, 15) is 9.18 Å². The van der Waals surface area contributed by atoms with Crippen LogP contribution in [-0.2, 0) is 4.79 Å². The Balaban J connectivity index is 1.84. The molecule has 1 amide bonds. The van der Waals surface area contributed by atoms with E-state index in [0.29, 0.717) is 27.7 Å². The summed E-state index contributed by atoms with van der Waals surface area (Å²) in [6.45, 7) is 0. The highest BCUT2D eigenvalue weighted by atomic mass is 79.9. The van der Waals surface area contributed by atoms with Crippen LogP contribution in [0.5, 0.6) is 0 Å². The minimum absolute atomic E-state index is 0.0292. The van der Waals surface area contributed by atoms with E-state index < -0.39 is 5.82 Å². The van der Waals surface area contributed by atoms with Crippen molar-refractivity contribution in [3.05, 3.63) is 71.4 Å². The molecule has 1 aliphatic rings. The molecule has 0 spiro atoms. The van der Waals surface area contributed by atoms with Crippen molar-refractivity contribution >= 4 is 67.6 Å². The Bertz CT molecular complexity index is 1150. The molecule has 0 saturated heterocycles. The maximum absolute atomic E-state index is 14.6. The topological polar surface area (TPSA) is 58.1 Å². The molecule has 1 aliphatic heterocycles. The lowest BCUT2D eigenvalue weighted by molar-refractivity contribution is -0.111. The van der Waals surface area contributed by atoms with Crippen molar-refractivity contribution in [3.8, 4) is 0 Å². The molecule has 28 heavy (non-hydrogen) atoms. The Morgan fingerprint density at radius 1 is 1.29 bits per heavy atom. The monoisotopic (exact) mass is 458 g/mol. The Labute approximate surface area is 173 Å². The molecule has 0 radical (unpaired) electrons. The van der Waals surface area contributed by atoms with Gasteiger partial charge in [-0.15, -0.1) is 0 Å². The highest BCUT2D eigenvalue weighted by Crippen LogP contribution is 2.40. The number of rotatable bonds is 4. The number of anilines is 3. The highest BCUT2D eigenvalue weighted by molar-refractivity contribution is 9.09. The molecule has 0 bridgehead atoms. The number of alkyl halides is 1. The summed E-state index contributed by atoms with van der Waals surface area (Å²) in [6, 6.07) is 8.37. The molecular formula is C20H13BrClFN4O. The average Bonchev–Trinajstić information content (AvgIpc) is 2.71. The SMILES string of the molecule is O=C(/C=C/CBr)Nc1ccc2ncnc3c2c1C=CN3c1cccc(Cl)c1F. The molecule has 1 aromatic heterocycles. The van der Waals surface area contributed by atoms with E-state index in [1.54, 1.807) is 47.5 Å². The van der Waals surface area contributed by atoms with Gasteiger partial charge in [0.05, 0.1) is 21.6 Å². The zero-order valence-electron chi connectivity index (χ0n) is 14.4. The van der Waals surface area contributed by atoms with Gasteiger partial charge in [0, 0.05) is 28.9 Å². The van der Waals surface area contributed by atoms with E-state index in [2.05, 4.69) is 31.2 Å².